The second-order valence-electron chi connectivity index (χ2n) is 6.60. The summed E-state index contributed by atoms with van der Waals surface area (Å²) in [5.41, 5.74) is 0. The van der Waals surface area contributed by atoms with Gasteiger partial charge in [0.1, 0.15) is 12.4 Å². The van der Waals surface area contributed by atoms with Gasteiger partial charge in [-0.15, -0.1) is 10.2 Å². The molecule has 1 N–H and O–H groups in total. The first-order chi connectivity index (χ1) is 10.7. The molecule has 1 saturated carbocycles. The summed E-state index contributed by atoms with van der Waals surface area (Å²) in [6.45, 7) is 7.92. The number of hydrogen-bond acceptors (Lipinski definition) is 3. The molecule has 2 atom stereocenters. The predicted molar refractivity (Wildman–Crippen MR) is 87.6 cm³/mol. The zero-order valence-electron chi connectivity index (χ0n) is 14.0. The summed E-state index contributed by atoms with van der Waals surface area (Å²) in [6, 6.07) is 0. The molecule has 6 nitrogen and oxygen atoms in total. The molecule has 0 aromatic carbocycles. The fraction of sp³-hybridized carbons (Fsp3) is 0.812. The number of guanidine groups is 1. The summed E-state index contributed by atoms with van der Waals surface area (Å²) in [5, 5.41) is 11.8. The Morgan fingerprint density at radius 1 is 1.23 bits per heavy atom. The third-order valence-electron chi connectivity index (χ3n) is 5.16. The van der Waals surface area contributed by atoms with Crippen molar-refractivity contribution < 1.29 is 0 Å². The summed E-state index contributed by atoms with van der Waals surface area (Å²) in [6.07, 6.45) is 5.59. The van der Waals surface area contributed by atoms with Crippen LogP contribution in [-0.4, -0.2) is 45.3 Å². The number of rotatable bonds is 3. The van der Waals surface area contributed by atoms with E-state index in [0.29, 0.717) is 6.54 Å². The van der Waals surface area contributed by atoms with Crippen molar-refractivity contribution in [1.82, 2.24) is 25.0 Å². The van der Waals surface area contributed by atoms with E-state index in [1.165, 1.54) is 25.7 Å². The fourth-order valence-electron chi connectivity index (χ4n) is 3.74. The quantitative estimate of drug-likeness (QED) is 0.682. The normalized spacial score (nSPS) is 25.4. The minimum absolute atomic E-state index is 0.589. The maximum atomic E-state index is 4.81. The van der Waals surface area contributed by atoms with E-state index in [9.17, 15) is 0 Å². The first-order valence-corrected chi connectivity index (χ1v) is 8.57. The van der Waals surface area contributed by atoms with Crippen LogP contribution in [0.5, 0.6) is 0 Å². The minimum atomic E-state index is 0.589. The Morgan fingerprint density at radius 3 is 2.45 bits per heavy atom. The summed E-state index contributed by atoms with van der Waals surface area (Å²) < 4.78 is 2.01. The van der Waals surface area contributed by atoms with Gasteiger partial charge >= 0.3 is 0 Å². The molecule has 1 aliphatic heterocycles. The van der Waals surface area contributed by atoms with Gasteiger partial charge < -0.3 is 14.8 Å². The van der Waals surface area contributed by atoms with Crippen molar-refractivity contribution in [2.24, 2.45) is 23.9 Å². The third-order valence-corrected chi connectivity index (χ3v) is 5.16. The van der Waals surface area contributed by atoms with Crippen molar-refractivity contribution in [3.05, 3.63) is 11.6 Å². The standard InChI is InChI=1S/C16H28N6/c1-4-17-16(18-9-15-20-19-12(2)21(15)3)22-10-13-7-5-6-8-14(13)11-22/h13-14H,4-11H2,1-3H3,(H,17,18). The topological polar surface area (TPSA) is 58.3 Å². The van der Waals surface area contributed by atoms with Crippen LogP contribution in [0, 0.1) is 18.8 Å². The van der Waals surface area contributed by atoms with Gasteiger partial charge in [-0.3, -0.25) is 0 Å². The van der Waals surface area contributed by atoms with E-state index in [1.54, 1.807) is 0 Å². The van der Waals surface area contributed by atoms with Gasteiger partial charge in [-0.25, -0.2) is 4.99 Å². The van der Waals surface area contributed by atoms with Crippen LogP contribution in [0.4, 0.5) is 0 Å². The van der Waals surface area contributed by atoms with Gasteiger partial charge in [0.15, 0.2) is 11.8 Å². The van der Waals surface area contributed by atoms with Gasteiger partial charge in [0.05, 0.1) is 0 Å². The first kappa shape index (κ1) is 15.3. The molecule has 2 fully saturated rings. The Hall–Kier alpha value is -1.59. The monoisotopic (exact) mass is 304 g/mol. The van der Waals surface area contributed by atoms with Gasteiger partial charge in [-0.1, -0.05) is 12.8 Å². The molecule has 1 aliphatic carbocycles. The maximum Gasteiger partial charge on any atom is 0.194 e. The summed E-state index contributed by atoms with van der Waals surface area (Å²) in [5.74, 6) is 4.63. The Labute approximate surface area is 133 Å². The molecular formula is C16H28N6. The third kappa shape index (κ3) is 3.10. The second kappa shape index (κ2) is 6.67. The molecule has 2 heterocycles. The highest BCUT2D eigenvalue weighted by molar-refractivity contribution is 5.80. The highest BCUT2D eigenvalue weighted by Gasteiger charge is 2.35. The van der Waals surface area contributed by atoms with Crippen molar-refractivity contribution in [2.45, 2.75) is 46.1 Å². The van der Waals surface area contributed by atoms with Crippen molar-refractivity contribution in [3.8, 4) is 0 Å². The van der Waals surface area contributed by atoms with E-state index in [4.69, 9.17) is 4.99 Å². The van der Waals surface area contributed by atoms with Gasteiger partial charge in [0.25, 0.3) is 0 Å². The highest BCUT2D eigenvalue weighted by atomic mass is 15.3. The smallest absolute Gasteiger partial charge is 0.194 e. The van der Waals surface area contributed by atoms with Gasteiger partial charge in [-0.05, 0) is 38.5 Å². The van der Waals surface area contributed by atoms with Crippen molar-refractivity contribution in [2.75, 3.05) is 19.6 Å². The number of nitrogens with one attached hydrogen (secondary N) is 1. The number of aliphatic imine (C=N–C) groups is 1. The molecule has 0 spiro atoms. The van der Waals surface area contributed by atoms with Crippen LogP contribution in [0.3, 0.4) is 0 Å². The molecule has 1 saturated heterocycles. The van der Waals surface area contributed by atoms with E-state index >= 15 is 0 Å². The number of aryl methyl sites for hydroxylation is 1. The van der Waals surface area contributed by atoms with Crippen LogP contribution in [-0.2, 0) is 13.6 Å². The van der Waals surface area contributed by atoms with Crippen molar-refractivity contribution >= 4 is 5.96 Å². The lowest BCUT2D eigenvalue weighted by atomic mass is 9.82. The average molecular weight is 304 g/mol. The van der Waals surface area contributed by atoms with E-state index in [0.717, 1.165) is 49.1 Å². The number of hydrogen-bond donors (Lipinski definition) is 1. The second-order valence-corrected chi connectivity index (χ2v) is 6.60. The summed E-state index contributed by atoms with van der Waals surface area (Å²) in [4.78, 5) is 7.26. The Balaban J connectivity index is 1.69. The van der Waals surface area contributed by atoms with E-state index in [1.807, 2.05) is 18.5 Å². The van der Waals surface area contributed by atoms with Crippen LogP contribution < -0.4 is 5.32 Å². The molecule has 1 aromatic heterocycles. The van der Waals surface area contributed by atoms with Crippen LogP contribution in [0.2, 0.25) is 0 Å². The van der Waals surface area contributed by atoms with E-state index in [-0.39, 0.29) is 0 Å². The molecule has 2 unspecified atom stereocenters. The lowest BCUT2D eigenvalue weighted by Crippen LogP contribution is -2.40. The lowest BCUT2D eigenvalue weighted by Gasteiger charge is -2.22. The molecule has 0 amide bonds. The molecule has 1 aromatic rings. The molecule has 6 heteroatoms. The van der Waals surface area contributed by atoms with Crippen LogP contribution in [0.1, 0.15) is 44.3 Å². The van der Waals surface area contributed by atoms with Crippen LogP contribution in [0.15, 0.2) is 4.99 Å². The summed E-state index contributed by atoms with van der Waals surface area (Å²) in [7, 11) is 2.00. The Kier molecular flexibility index (Phi) is 4.64. The fourth-order valence-corrected chi connectivity index (χ4v) is 3.74. The van der Waals surface area contributed by atoms with Gasteiger partial charge in [0, 0.05) is 26.7 Å². The lowest BCUT2D eigenvalue weighted by molar-refractivity contribution is 0.299. The summed E-state index contributed by atoms with van der Waals surface area (Å²) >= 11 is 0. The SMILES string of the molecule is CCNC(=NCc1nnc(C)n1C)N1CC2CCCCC2C1. The van der Waals surface area contributed by atoms with E-state index in [2.05, 4.69) is 27.3 Å². The predicted octanol–water partition coefficient (Wildman–Crippen LogP) is 1.71. The zero-order valence-corrected chi connectivity index (χ0v) is 14.0. The Morgan fingerprint density at radius 2 is 1.91 bits per heavy atom. The first-order valence-electron chi connectivity index (χ1n) is 8.57. The van der Waals surface area contributed by atoms with Crippen LogP contribution in [0.25, 0.3) is 0 Å². The van der Waals surface area contributed by atoms with E-state index < -0.39 is 0 Å². The number of nitrogens with zero attached hydrogens (tertiary/aromatic N) is 5. The molecule has 122 valence electrons. The molecule has 3 rings (SSSR count). The van der Waals surface area contributed by atoms with Crippen LogP contribution >= 0.6 is 0 Å². The molecule has 22 heavy (non-hydrogen) atoms. The maximum absolute atomic E-state index is 4.81. The molecule has 2 aliphatic rings. The largest absolute Gasteiger partial charge is 0.357 e. The number of aromatic nitrogens is 3. The number of likely N-dealkylation sites (tertiary alicyclic amines) is 1. The molecule has 0 radical (unpaired) electrons. The highest BCUT2D eigenvalue weighted by Crippen LogP contribution is 2.35. The van der Waals surface area contributed by atoms with Crippen molar-refractivity contribution in [1.29, 1.82) is 0 Å². The average Bonchev–Trinajstić information content (AvgIpc) is 3.09. The Bertz CT molecular complexity index is 521. The van der Waals surface area contributed by atoms with Crippen molar-refractivity contribution in [3.63, 3.8) is 0 Å². The molecular weight excluding hydrogens is 276 g/mol. The molecule has 0 bridgehead atoms. The number of fused-ring (bicyclic) bond motifs is 1. The van der Waals surface area contributed by atoms with Gasteiger partial charge in [0.2, 0.25) is 0 Å². The van der Waals surface area contributed by atoms with Gasteiger partial charge in [-0.2, -0.15) is 0 Å². The zero-order chi connectivity index (χ0) is 15.5. The minimum Gasteiger partial charge on any atom is -0.357 e.